The zero-order chi connectivity index (χ0) is 43.2. The number of rotatable bonds is 9. The third-order valence-electron chi connectivity index (χ3n) is 13.3. The number of thiophene rings is 1. The molecule has 0 spiro atoms. The molecule has 322 valence electrons. The van der Waals surface area contributed by atoms with Crippen LogP contribution in [-0.2, 0) is 75.8 Å². The number of likely N-dealkylation sites (N-methyl/N-ethyl adjacent to an activating group) is 1. The van der Waals surface area contributed by atoms with Crippen LogP contribution in [0, 0.1) is 17.7 Å². The van der Waals surface area contributed by atoms with Crippen molar-refractivity contribution in [1.82, 2.24) is 5.32 Å². The number of aryl methyl sites for hydroxylation is 2. The van der Waals surface area contributed by atoms with Crippen molar-refractivity contribution in [2.24, 2.45) is 30.8 Å². The van der Waals surface area contributed by atoms with E-state index >= 15 is 4.39 Å². The Bertz CT molecular complexity index is 2830. The average Bonchev–Trinajstić information content (AvgIpc) is 3.81. The Morgan fingerprint density at radius 2 is 1.51 bits per heavy atom. The molecule has 3 aromatic carbocycles. The van der Waals surface area contributed by atoms with Crippen molar-refractivity contribution in [3.63, 3.8) is 0 Å². The second-order valence-electron chi connectivity index (χ2n) is 17.9. The number of carbonyl (C=O) groups excluding carboxylic acids is 3. The van der Waals surface area contributed by atoms with Gasteiger partial charge < -0.3 is 21.1 Å². The Hall–Kier alpha value is -4.36. The second-order valence-corrected chi connectivity index (χ2v) is 22.5. The van der Waals surface area contributed by atoms with Crippen LogP contribution in [0.5, 0.6) is 0 Å². The SMILES string of the molecule is CNCC1(c2ccc(S(N)(=O)=NC(=O)Nc3c4c(cc5c3CC(C3Cc6cc7c(c(NC(=O)N=S(N)(=O)c8cc(C(C)(C)O)cs8)c6C3=O)CCC7)C5)CCC4)c(F)c2)CC1. The first kappa shape index (κ1) is 42.0. The van der Waals surface area contributed by atoms with Crippen LogP contribution in [-0.4, -0.2) is 45.0 Å². The number of benzene rings is 3. The van der Waals surface area contributed by atoms with E-state index in [1.54, 1.807) is 25.3 Å². The van der Waals surface area contributed by atoms with Crippen LogP contribution in [0.2, 0.25) is 0 Å². The van der Waals surface area contributed by atoms with E-state index in [1.807, 2.05) is 7.05 Å². The highest BCUT2D eigenvalue weighted by molar-refractivity contribution is 7.93. The van der Waals surface area contributed by atoms with Gasteiger partial charge in [-0.05, 0) is 171 Å². The Labute approximate surface area is 359 Å². The molecular weight excluding hydrogens is 838 g/mol. The molecule has 1 fully saturated rings. The molecule has 4 aromatic rings. The molecule has 17 heteroatoms. The molecule has 13 nitrogen and oxygen atoms in total. The summed E-state index contributed by atoms with van der Waals surface area (Å²) in [4.78, 5) is 41.4. The van der Waals surface area contributed by atoms with Gasteiger partial charge >= 0.3 is 12.1 Å². The maximum atomic E-state index is 15.5. The first-order chi connectivity index (χ1) is 28.9. The van der Waals surface area contributed by atoms with Gasteiger partial charge in [-0.1, -0.05) is 18.2 Å². The lowest BCUT2D eigenvalue weighted by Crippen LogP contribution is -2.24. The summed E-state index contributed by atoms with van der Waals surface area (Å²) >= 11 is 1.05. The third kappa shape index (κ3) is 7.65. The van der Waals surface area contributed by atoms with E-state index in [9.17, 15) is 27.9 Å². The fraction of sp³-hybridized carbons (Fsp3) is 0.432. The van der Waals surface area contributed by atoms with Crippen LogP contribution in [0.25, 0.3) is 0 Å². The van der Waals surface area contributed by atoms with Crippen LogP contribution in [0.15, 0.2) is 59.6 Å². The van der Waals surface area contributed by atoms with Crippen molar-refractivity contribution < 1.29 is 32.3 Å². The monoisotopic (exact) mass is 887 g/mol. The summed E-state index contributed by atoms with van der Waals surface area (Å²) in [7, 11) is -5.76. The number of halogens is 1. The van der Waals surface area contributed by atoms with Gasteiger partial charge in [-0.3, -0.25) is 4.79 Å². The molecule has 0 bridgehead atoms. The summed E-state index contributed by atoms with van der Waals surface area (Å²) in [6.07, 6.45) is 8.13. The minimum atomic E-state index is -3.94. The summed E-state index contributed by atoms with van der Waals surface area (Å²) in [5, 5.41) is 33.1. The highest BCUT2D eigenvalue weighted by Crippen LogP contribution is 2.49. The maximum Gasteiger partial charge on any atom is 0.354 e. The lowest BCUT2D eigenvalue weighted by atomic mass is 9.86. The minimum absolute atomic E-state index is 0.0954. The molecule has 0 radical (unpaired) electrons. The van der Waals surface area contributed by atoms with Crippen LogP contribution >= 0.6 is 11.3 Å². The maximum absolute atomic E-state index is 15.5. The summed E-state index contributed by atoms with van der Waals surface area (Å²) in [6, 6.07) is 8.31. The van der Waals surface area contributed by atoms with Crippen molar-refractivity contribution in [2.75, 3.05) is 24.2 Å². The normalized spacial score (nSPS) is 21.5. The largest absolute Gasteiger partial charge is 0.386 e. The van der Waals surface area contributed by atoms with Gasteiger partial charge in [0.15, 0.2) is 15.7 Å². The second kappa shape index (κ2) is 15.2. The molecule has 5 aliphatic carbocycles. The highest BCUT2D eigenvalue weighted by atomic mass is 32.2. The Morgan fingerprint density at radius 1 is 0.869 bits per heavy atom. The smallest absolute Gasteiger partial charge is 0.354 e. The number of aliphatic hydroxyl groups is 1. The minimum Gasteiger partial charge on any atom is -0.386 e. The Morgan fingerprint density at radius 3 is 2.13 bits per heavy atom. The van der Waals surface area contributed by atoms with Gasteiger partial charge in [0.25, 0.3) is 0 Å². The van der Waals surface area contributed by atoms with Gasteiger partial charge in [0.1, 0.15) is 19.9 Å². The van der Waals surface area contributed by atoms with Crippen molar-refractivity contribution >= 4 is 60.4 Å². The third-order valence-corrected chi connectivity index (χ3v) is 17.6. The molecule has 0 saturated heterocycles. The van der Waals surface area contributed by atoms with Crippen LogP contribution < -0.4 is 26.2 Å². The highest BCUT2D eigenvalue weighted by Gasteiger charge is 2.45. The predicted octanol–water partition coefficient (Wildman–Crippen LogP) is 6.98. The molecule has 0 aliphatic heterocycles. The number of nitrogens with two attached hydrogens (primary N) is 2. The number of hydrogen-bond donors (Lipinski definition) is 6. The topological polar surface area (TPSA) is 218 Å². The van der Waals surface area contributed by atoms with Gasteiger partial charge in [-0.25, -0.2) is 32.7 Å². The average molecular weight is 888 g/mol. The fourth-order valence-electron chi connectivity index (χ4n) is 10.1. The van der Waals surface area contributed by atoms with Gasteiger partial charge in [0.2, 0.25) is 0 Å². The number of carbonyl (C=O) groups is 3. The Balaban J connectivity index is 0.968. The lowest BCUT2D eigenvalue weighted by Gasteiger charge is -2.18. The van der Waals surface area contributed by atoms with Gasteiger partial charge in [0.05, 0.1) is 16.2 Å². The van der Waals surface area contributed by atoms with Gasteiger partial charge in [0, 0.05) is 29.1 Å². The molecular formula is C44H50FN7O6S3. The van der Waals surface area contributed by atoms with E-state index in [4.69, 9.17) is 10.3 Å². The van der Waals surface area contributed by atoms with Crippen molar-refractivity contribution in [1.29, 1.82) is 0 Å². The van der Waals surface area contributed by atoms with E-state index in [2.05, 4.69) is 36.8 Å². The molecule has 9 rings (SSSR count). The summed E-state index contributed by atoms with van der Waals surface area (Å²) < 4.78 is 50.6. The molecule has 1 heterocycles. The number of Topliss-reactive ketones (excluding diaryl/α,β-unsaturated/α-hetero) is 1. The molecule has 4 atom stereocenters. The molecule has 4 unspecified atom stereocenters. The number of ketones is 1. The van der Waals surface area contributed by atoms with Gasteiger partial charge in [-0.2, -0.15) is 0 Å². The molecule has 8 N–H and O–H groups in total. The Kier molecular flexibility index (Phi) is 10.4. The van der Waals surface area contributed by atoms with Crippen LogP contribution in [0.1, 0.15) is 100.0 Å². The molecule has 1 saturated carbocycles. The molecule has 61 heavy (non-hydrogen) atoms. The number of hydrogen-bond acceptors (Lipinski definition) is 8. The number of amides is 4. The molecule has 1 aromatic heterocycles. The first-order valence-corrected chi connectivity index (χ1v) is 24.8. The van der Waals surface area contributed by atoms with Crippen molar-refractivity contribution in [3.8, 4) is 0 Å². The zero-order valence-corrected chi connectivity index (χ0v) is 36.8. The number of fused-ring (bicyclic) bond motifs is 4. The van der Waals surface area contributed by atoms with Crippen molar-refractivity contribution in [2.45, 2.75) is 105 Å². The van der Waals surface area contributed by atoms with E-state index in [0.717, 1.165) is 101 Å². The molecule has 4 amide bonds. The quantitative estimate of drug-likeness (QED) is 0.104. The number of nitrogens with zero attached hydrogens (tertiary/aromatic N) is 2. The molecule has 5 aliphatic rings. The summed E-state index contributed by atoms with van der Waals surface area (Å²) in [5.41, 5.74) is 8.10. The first-order valence-electron chi connectivity index (χ1n) is 20.7. The fourth-order valence-corrected chi connectivity index (χ4v) is 13.4. The van der Waals surface area contributed by atoms with Crippen LogP contribution in [0.3, 0.4) is 0 Å². The van der Waals surface area contributed by atoms with E-state index < -0.39 is 49.2 Å². The van der Waals surface area contributed by atoms with Crippen LogP contribution in [0.4, 0.5) is 25.4 Å². The van der Waals surface area contributed by atoms with E-state index in [1.165, 1.54) is 18.2 Å². The van der Waals surface area contributed by atoms with Gasteiger partial charge in [-0.15, -0.1) is 20.1 Å². The number of anilines is 2. The number of urea groups is 2. The predicted molar refractivity (Wildman–Crippen MR) is 234 cm³/mol. The summed E-state index contributed by atoms with van der Waals surface area (Å²) in [6.45, 7) is 3.87. The zero-order valence-electron chi connectivity index (χ0n) is 34.3. The lowest BCUT2D eigenvalue weighted by molar-refractivity contribution is 0.0789. The summed E-state index contributed by atoms with van der Waals surface area (Å²) in [5.74, 6) is -1.40. The van der Waals surface area contributed by atoms with E-state index in [-0.39, 0.29) is 26.2 Å². The standard InChI is InChI=1S/C44H50FN7O6S3/c1-43(2,56)29-20-36(59-21-29)61(47,58)52-42(55)50-39-31-9-5-7-24(31)15-27-18-33(40(53)37(27)39)26-16-25-14-23-6-4-8-30(23)38(32(25)17-26)49-41(54)51-60(46,57)35-11-10-28(19-34(35)45)44(12-13-44)22-48-3/h10-11,14-15,19-21,26,33,48,56H,4-9,12-13,16-18,22H2,1-3H3,(H3,46,49,51,54,57)(H3,47,50,52,55,58). The number of nitrogens with one attached hydrogen (secondary N) is 3. The van der Waals surface area contributed by atoms with E-state index in [0.29, 0.717) is 54.7 Å². The van der Waals surface area contributed by atoms with Crippen molar-refractivity contribution in [3.05, 3.63) is 103 Å².